The van der Waals surface area contributed by atoms with E-state index in [1.165, 1.54) is 0 Å². The van der Waals surface area contributed by atoms with Crippen molar-refractivity contribution in [2.45, 2.75) is 15.5 Å². The van der Waals surface area contributed by atoms with Gasteiger partial charge in [0.05, 0.1) is 15.7 Å². The Labute approximate surface area is 179 Å². The molecule has 0 radical (unpaired) electrons. The molecule has 0 bridgehead atoms. The molecule has 0 unspecified atom stereocenters. The van der Waals surface area contributed by atoms with Crippen molar-refractivity contribution in [3.63, 3.8) is 0 Å². The molecule has 0 saturated carbocycles. The average Bonchev–Trinajstić information content (AvgIpc) is 2.67. The van der Waals surface area contributed by atoms with Gasteiger partial charge in [-0.05, 0) is 42.5 Å². The van der Waals surface area contributed by atoms with Crippen molar-refractivity contribution in [1.82, 2.24) is 0 Å². The smallest absolute Gasteiger partial charge is 0.341 e. The van der Waals surface area contributed by atoms with Gasteiger partial charge in [0.15, 0.2) is 6.61 Å². The van der Waals surface area contributed by atoms with Crippen molar-refractivity contribution in [3.8, 4) is 0 Å². The molecule has 0 aliphatic rings. The summed E-state index contributed by atoms with van der Waals surface area (Å²) in [6.07, 6.45) is 0. The molecule has 6 nitrogen and oxygen atoms in total. The van der Waals surface area contributed by atoms with Crippen LogP contribution in [0, 0.1) is 0 Å². The first-order valence-corrected chi connectivity index (χ1v) is 11.0. The number of carbonyl (C=O) groups excluding carboxylic acids is 2. The molecule has 0 aliphatic heterocycles. The zero-order valence-corrected chi connectivity index (χ0v) is 17.5. The Balaban J connectivity index is 1.82. The van der Waals surface area contributed by atoms with E-state index < -0.39 is 39.0 Å². The molecule has 0 spiro atoms. The molecule has 12 heteroatoms. The number of halogens is 4. The van der Waals surface area contributed by atoms with Gasteiger partial charge in [0.25, 0.3) is 5.91 Å². The molecular weight excluding hydrogens is 471 g/mol. The number of ether oxygens (including phenoxy) is 1. The number of hydrogen-bond acceptors (Lipinski definition) is 6. The van der Waals surface area contributed by atoms with Gasteiger partial charge >= 0.3 is 11.7 Å². The Morgan fingerprint density at radius 1 is 1.10 bits per heavy atom. The van der Waals surface area contributed by atoms with E-state index in [-0.39, 0.29) is 11.4 Å². The second-order valence-electron chi connectivity index (χ2n) is 5.40. The molecule has 29 heavy (non-hydrogen) atoms. The number of alkyl halides is 2. The Morgan fingerprint density at radius 3 is 2.38 bits per heavy atom. The highest BCUT2D eigenvalue weighted by Crippen LogP contribution is 2.29. The first-order valence-electron chi connectivity index (χ1n) is 7.75. The third-order valence-corrected chi connectivity index (χ3v) is 6.41. The first-order chi connectivity index (χ1) is 13.6. The summed E-state index contributed by atoms with van der Waals surface area (Å²) in [6, 6.07) is 8.95. The molecule has 0 atom stereocenters. The van der Waals surface area contributed by atoms with Crippen LogP contribution in [0.5, 0.6) is 0 Å². The van der Waals surface area contributed by atoms with E-state index in [2.05, 4.69) is 5.32 Å². The van der Waals surface area contributed by atoms with Crippen LogP contribution in [0.3, 0.4) is 0 Å². The monoisotopic (exact) mass is 483 g/mol. The van der Waals surface area contributed by atoms with Gasteiger partial charge in [0.1, 0.15) is 0 Å². The molecular formula is C17H13Cl2F2NO5S2. The van der Waals surface area contributed by atoms with Gasteiger partial charge in [-0.25, -0.2) is 8.42 Å². The molecule has 1 amide bonds. The van der Waals surface area contributed by atoms with Gasteiger partial charge < -0.3 is 10.1 Å². The van der Waals surface area contributed by atoms with Gasteiger partial charge in [-0.3, -0.25) is 9.59 Å². The van der Waals surface area contributed by atoms with Crippen molar-refractivity contribution in [1.29, 1.82) is 0 Å². The number of hydrogen-bond donors (Lipinski definition) is 1. The fourth-order valence-electron chi connectivity index (χ4n) is 1.94. The summed E-state index contributed by atoms with van der Waals surface area (Å²) in [4.78, 5) is 23.6. The van der Waals surface area contributed by atoms with Crippen molar-refractivity contribution in [3.05, 3.63) is 52.5 Å². The first kappa shape index (κ1) is 23.4. The number of benzene rings is 2. The summed E-state index contributed by atoms with van der Waals surface area (Å²) in [5.74, 6) is -5.00. The third kappa shape index (κ3) is 6.84. The summed E-state index contributed by atoms with van der Waals surface area (Å²) >= 11 is 12.9. The second kappa shape index (κ2) is 10.2. The Bertz CT molecular complexity index is 1000. The summed E-state index contributed by atoms with van der Waals surface area (Å²) in [6.45, 7) is -0.584. The minimum Gasteiger partial charge on any atom is -0.455 e. The van der Waals surface area contributed by atoms with Crippen molar-refractivity contribution >= 4 is 62.4 Å². The highest BCUT2D eigenvalue weighted by Gasteiger charge is 2.26. The number of thioether (sulfide) groups is 1. The predicted octanol–water partition coefficient (Wildman–Crippen LogP) is 4.26. The number of amides is 1. The van der Waals surface area contributed by atoms with Crippen molar-refractivity contribution in [2.75, 3.05) is 17.7 Å². The molecule has 0 aromatic heterocycles. The highest BCUT2D eigenvalue weighted by atomic mass is 35.5. The molecule has 1 N–H and O–H groups in total. The quantitative estimate of drug-likeness (QED) is 0.445. The van der Waals surface area contributed by atoms with Crippen LogP contribution in [0.2, 0.25) is 10.0 Å². The molecule has 0 heterocycles. The van der Waals surface area contributed by atoms with E-state index in [4.69, 9.17) is 27.9 Å². The molecule has 0 aliphatic carbocycles. The number of sulfone groups is 1. The van der Waals surface area contributed by atoms with E-state index >= 15 is 0 Å². The molecule has 156 valence electrons. The maximum Gasteiger partial charge on any atom is 0.341 e. The number of rotatable bonds is 8. The van der Waals surface area contributed by atoms with E-state index in [1.54, 1.807) is 18.2 Å². The summed E-state index contributed by atoms with van der Waals surface area (Å²) < 4.78 is 52.5. The summed E-state index contributed by atoms with van der Waals surface area (Å²) in [7, 11) is -4.71. The van der Waals surface area contributed by atoms with Crippen LogP contribution in [0.25, 0.3) is 0 Å². The van der Waals surface area contributed by atoms with Gasteiger partial charge in [-0.2, -0.15) is 8.78 Å². The van der Waals surface area contributed by atoms with Gasteiger partial charge in [-0.15, -0.1) is 11.8 Å². The van der Waals surface area contributed by atoms with Gasteiger partial charge in [0.2, 0.25) is 9.84 Å². The third-order valence-electron chi connectivity index (χ3n) is 3.30. The molecule has 0 fully saturated rings. The molecule has 2 aromatic rings. The standard InChI is InChI=1S/C17H13Cl2F2NO5S2/c18-10-1-6-13(19)14(7-10)28-9-16(24)27-8-15(23)22-11-2-4-12(5-3-11)29(25,26)17(20)21/h1-7,17H,8-9H2,(H,22,23). The van der Waals surface area contributed by atoms with Crippen LogP contribution in [0.4, 0.5) is 14.5 Å². The molecule has 0 saturated heterocycles. The van der Waals surface area contributed by atoms with Crippen LogP contribution in [0.1, 0.15) is 0 Å². The number of anilines is 1. The number of nitrogens with one attached hydrogen (secondary N) is 1. The largest absolute Gasteiger partial charge is 0.455 e. The van der Waals surface area contributed by atoms with Crippen LogP contribution < -0.4 is 5.32 Å². The van der Waals surface area contributed by atoms with Crippen LogP contribution in [-0.2, 0) is 24.2 Å². The maximum absolute atomic E-state index is 12.5. The van der Waals surface area contributed by atoms with E-state index in [0.29, 0.717) is 14.9 Å². The van der Waals surface area contributed by atoms with Crippen LogP contribution in [0.15, 0.2) is 52.3 Å². The SMILES string of the molecule is O=C(COC(=O)CSc1cc(Cl)ccc1Cl)Nc1ccc(S(=O)(=O)C(F)F)cc1. The van der Waals surface area contributed by atoms with Crippen molar-refractivity contribution < 1.29 is 31.5 Å². The number of carbonyl (C=O) groups is 2. The second-order valence-corrected chi connectivity index (χ2v) is 9.18. The van der Waals surface area contributed by atoms with Crippen LogP contribution >= 0.6 is 35.0 Å². The lowest BCUT2D eigenvalue weighted by molar-refractivity contribution is -0.144. The predicted molar refractivity (Wildman–Crippen MR) is 106 cm³/mol. The summed E-state index contributed by atoms with van der Waals surface area (Å²) in [5, 5.41) is 3.23. The normalized spacial score (nSPS) is 11.3. The minimum absolute atomic E-state index is 0.104. The Morgan fingerprint density at radius 2 is 1.76 bits per heavy atom. The lowest BCUT2D eigenvalue weighted by Gasteiger charge is -2.08. The minimum atomic E-state index is -4.71. The molecule has 2 aromatic carbocycles. The Kier molecular flexibility index (Phi) is 8.26. The van der Waals surface area contributed by atoms with Crippen molar-refractivity contribution in [2.24, 2.45) is 0 Å². The number of esters is 1. The fraction of sp³-hybridized carbons (Fsp3) is 0.176. The lowest BCUT2D eigenvalue weighted by Crippen LogP contribution is -2.21. The van der Waals surface area contributed by atoms with Gasteiger partial charge in [-0.1, -0.05) is 23.2 Å². The van der Waals surface area contributed by atoms with E-state index in [0.717, 1.165) is 36.0 Å². The fourth-order valence-corrected chi connectivity index (χ4v) is 3.95. The molecule has 2 rings (SSSR count). The lowest BCUT2D eigenvalue weighted by atomic mass is 10.3. The zero-order chi connectivity index (χ0) is 21.6. The highest BCUT2D eigenvalue weighted by molar-refractivity contribution is 8.00. The Hall–Kier alpha value is -1.88. The van der Waals surface area contributed by atoms with E-state index in [1.807, 2.05) is 0 Å². The van der Waals surface area contributed by atoms with Crippen LogP contribution in [-0.4, -0.2) is 38.4 Å². The van der Waals surface area contributed by atoms with Gasteiger partial charge in [0, 0.05) is 15.6 Å². The summed E-state index contributed by atoms with van der Waals surface area (Å²) in [5.41, 5.74) is 0.152. The zero-order valence-electron chi connectivity index (χ0n) is 14.4. The average molecular weight is 484 g/mol. The van der Waals surface area contributed by atoms with E-state index in [9.17, 15) is 26.8 Å². The maximum atomic E-state index is 12.5. The topological polar surface area (TPSA) is 89.5 Å².